The average Bonchev–Trinajstić information content (AvgIpc) is 2.37. The molecule has 4 nitrogen and oxygen atoms in total. The summed E-state index contributed by atoms with van der Waals surface area (Å²) in [4.78, 5) is -0.324. The minimum atomic E-state index is -3.86. The van der Waals surface area contributed by atoms with Crippen molar-refractivity contribution in [3.05, 3.63) is 28.0 Å². The smallest absolute Gasteiger partial charge is 0.246 e. The molecule has 7 heteroatoms. The van der Waals surface area contributed by atoms with Crippen molar-refractivity contribution >= 4 is 26.0 Å². The van der Waals surface area contributed by atoms with E-state index in [1.807, 2.05) is 13.8 Å². The van der Waals surface area contributed by atoms with Crippen LogP contribution in [-0.4, -0.2) is 25.8 Å². The Labute approximate surface area is 128 Å². The maximum Gasteiger partial charge on any atom is 0.246 e. The standard InChI is InChI=1S/C13H20BrFN2O2S/c1-4-17(8-9(2)3)20(18,19)12-6-11(14)5-10(7-16)13(12)15/h5-6,9H,4,7-8,16H2,1-3H3. The molecule has 0 aliphatic heterocycles. The fourth-order valence-electron chi connectivity index (χ4n) is 1.90. The molecule has 0 aromatic heterocycles. The molecule has 0 aliphatic carbocycles. The monoisotopic (exact) mass is 366 g/mol. The van der Waals surface area contributed by atoms with E-state index in [0.717, 1.165) is 0 Å². The molecule has 0 amide bonds. The molecule has 0 atom stereocenters. The summed E-state index contributed by atoms with van der Waals surface area (Å²) < 4.78 is 41.2. The quantitative estimate of drug-likeness (QED) is 0.841. The van der Waals surface area contributed by atoms with Crippen LogP contribution in [0.3, 0.4) is 0 Å². The van der Waals surface area contributed by atoms with E-state index in [1.165, 1.54) is 16.4 Å². The van der Waals surface area contributed by atoms with Crippen LogP contribution in [0.2, 0.25) is 0 Å². The molecule has 1 rings (SSSR count). The van der Waals surface area contributed by atoms with E-state index in [4.69, 9.17) is 5.73 Å². The highest BCUT2D eigenvalue weighted by atomic mass is 79.9. The predicted octanol–water partition coefficient (Wildman–Crippen LogP) is 2.71. The number of hydrogen-bond donors (Lipinski definition) is 1. The van der Waals surface area contributed by atoms with Crippen LogP contribution in [0.4, 0.5) is 4.39 Å². The van der Waals surface area contributed by atoms with Crippen LogP contribution in [0, 0.1) is 11.7 Å². The number of nitrogens with two attached hydrogens (primary N) is 1. The summed E-state index contributed by atoms with van der Waals surface area (Å²) >= 11 is 3.20. The van der Waals surface area contributed by atoms with Gasteiger partial charge in [-0.1, -0.05) is 36.7 Å². The fraction of sp³-hybridized carbons (Fsp3) is 0.538. The van der Waals surface area contributed by atoms with Crippen molar-refractivity contribution in [2.45, 2.75) is 32.2 Å². The van der Waals surface area contributed by atoms with Gasteiger partial charge in [0, 0.05) is 29.7 Å². The second-order valence-corrected chi connectivity index (χ2v) is 7.75. The Morgan fingerprint density at radius 1 is 1.40 bits per heavy atom. The molecule has 0 unspecified atom stereocenters. The van der Waals surface area contributed by atoms with Crippen molar-refractivity contribution < 1.29 is 12.8 Å². The Morgan fingerprint density at radius 3 is 2.45 bits per heavy atom. The van der Waals surface area contributed by atoms with E-state index in [0.29, 0.717) is 17.6 Å². The number of sulfonamides is 1. The Hall–Kier alpha value is -0.500. The number of nitrogens with zero attached hydrogens (tertiary/aromatic N) is 1. The van der Waals surface area contributed by atoms with Crippen LogP contribution in [0.1, 0.15) is 26.3 Å². The lowest BCUT2D eigenvalue weighted by atomic mass is 10.2. The number of hydrogen-bond acceptors (Lipinski definition) is 3. The molecule has 2 N–H and O–H groups in total. The third kappa shape index (κ3) is 3.78. The van der Waals surface area contributed by atoms with E-state index in [9.17, 15) is 12.8 Å². The molecule has 1 aromatic rings. The molecule has 0 radical (unpaired) electrons. The SMILES string of the molecule is CCN(CC(C)C)S(=O)(=O)c1cc(Br)cc(CN)c1F. The van der Waals surface area contributed by atoms with Crippen molar-refractivity contribution in [1.29, 1.82) is 0 Å². The summed E-state index contributed by atoms with van der Waals surface area (Å²) in [6.07, 6.45) is 0. The lowest BCUT2D eigenvalue weighted by molar-refractivity contribution is 0.378. The van der Waals surface area contributed by atoms with Gasteiger partial charge in [0.2, 0.25) is 10.0 Å². The van der Waals surface area contributed by atoms with Crippen molar-refractivity contribution in [3.63, 3.8) is 0 Å². The summed E-state index contributed by atoms with van der Waals surface area (Å²) in [5.41, 5.74) is 5.63. The number of rotatable bonds is 6. The van der Waals surface area contributed by atoms with Crippen LogP contribution < -0.4 is 5.73 Å². The first-order valence-electron chi connectivity index (χ1n) is 6.42. The lowest BCUT2D eigenvalue weighted by Crippen LogP contribution is -2.34. The molecule has 0 saturated heterocycles. The zero-order chi connectivity index (χ0) is 15.5. The molecule has 0 spiro atoms. The molecule has 1 aromatic carbocycles. The van der Waals surface area contributed by atoms with E-state index < -0.39 is 15.8 Å². The van der Waals surface area contributed by atoms with Crippen LogP contribution in [0.5, 0.6) is 0 Å². The molecular weight excluding hydrogens is 347 g/mol. The minimum absolute atomic E-state index is 0.0515. The minimum Gasteiger partial charge on any atom is -0.326 e. The summed E-state index contributed by atoms with van der Waals surface area (Å²) in [5.74, 6) is -0.605. The predicted molar refractivity (Wildman–Crippen MR) is 81.3 cm³/mol. The average molecular weight is 367 g/mol. The van der Waals surface area contributed by atoms with Crippen LogP contribution in [0.15, 0.2) is 21.5 Å². The Morgan fingerprint density at radius 2 is 2.00 bits per heavy atom. The summed E-state index contributed by atoms with van der Waals surface area (Å²) in [6, 6.07) is 2.78. The van der Waals surface area contributed by atoms with Crippen molar-refractivity contribution in [2.24, 2.45) is 11.7 Å². The van der Waals surface area contributed by atoms with Crippen LogP contribution in [0.25, 0.3) is 0 Å². The van der Waals surface area contributed by atoms with Gasteiger partial charge in [0.1, 0.15) is 10.7 Å². The van der Waals surface area contributed by atoms with Gasteiger partial charge in [-0.2, -0.15) is 4.31 Å². The molecule has 0 aliphatic rings. The van der Waals surface area contributed by atoms with E-state index in [1.54, 1.807) is 6.92 Å². The second-order valence-electron chi connectivity index (χ2n) is 4.93. The zero-order valence-electron chi connectivity index (χ0n) is 11.9. The van der Waals surface area contributed by atoms with Gasteiger partial charge in [0.15, 0.2) is 0 Å². The summed E-state index contributed by atoms with van der Waals surface area (Å²) in [7, 11) is -3.86. The van der Waals surface area contributed by atoms with Gasteiger partial charge in [0.05, 0.1) is 0 Å². The largest absolute Gasteiger partial charge is 0.326 e. The third-order valence-corrected chi connectivity index (χ3v) is 5.24. The lowest BCUT2D eigenvalue weighted by Gasteiger charge is -2.23. The van der Waals surface area contributed by atoms with Gasteiger partial charge in [-0.05, 0) is 18.1 Å². The Balaban J connectivity index is 3.37. The maximum absolute atomic E-state index is 14.3. The highest BCUT2D eigenvalue weighted by Gasteiger charge is 2.28. The summed E-state index contributed by atoms with van der Waals surface area (Å²) in [6.45, 7) is 6.17. The first-order chi connectivity index (χ1) is 9.23. The zero-order valence-corrected chi connectivity index (χ0v) is 14.3. The van der Waals surface area contributed by atoms with Crippen molar-refractivity contribution in [3.8, 4) is 0 Å². The molecule has 0 bridgehead atoms. The van der Waals surface area contributed by atoms with Crippen LogP contribution in [-0.2, 0) is 16.6 Å². The highest BCUT2D eigenvalue weighted by Crippen LogP contribution is 2.26. The number of benzene rings is 1. The van der Waals surface area contributed by atoms with E-state index >= 15 is 0 Å². The van der Waals surface area contributed by atoms with Gasteiger partial charge in [-0.3, -0.25) is 0 Å². The van der Waals surface area contributed by atoms with Crippen molar-refractivity contribution in [1.82, 2.24) is 4.31 Å². The first-order valence-corrected chi connectivity index (χ1v) is 8.65. The molecule has 20 heavy (non-hydrogen) atoms. The first kappa shape index (κ1) is 17.6. The topological polar surface area (TPSA) is 63.4 Å². The highest BCUT2D eigenvalue weighted by molar-refractivity contribution is 9.10. The Kier molecular flexibility index (Phi) is 6.12. The van der Waals surface area contributed by atoms with Gasteiger partial charge in [-0.15, -0.1) is 0 Å². The van der Waals surface area contributed by atoms with Crippen molar-refractivity contribution in [2.75, 3.05) is 13.1 Å². The Bertz CT molecular complexity index is 576. The normalized spacial score (nSPS) is 12.4. The molecule has 0 fully saturated rings. The third-order valence-electron chi connectivity index (χ3n) is 2.84. The van der Waals surface area contributed by atoms with Gasteiger partial charge in [-0.25, -0.2) is 12.8 Å². The molecular formula is C13H20BrFN2O2S. The molecule has 0 heterocycles. The molecule has 0 saturated carbocycles. The van der Waals surface area contributed by atoms with E-state index in [2.05, 4.69) is 15.9 Å². The van der Waals surface area contributed by atoms with Gasteiger partial charge in [0.25, 0.3) is 0 Å². The second kappa shape index (κ2) is 6.98. The fourth-order valence-corrected chi connectivity index (χ4v) is 4.30. The maximum atomic E-state index is 14.3. The number of halogens is 2. The van der Waals surface area contributed by atoms with Gasteiger partial charge >= 0.3 is 0 Å². The van der Waals surface area contributed by atoms with Gasteiger partial charge < -0.3 is 5.73 Å². The van der Waals surface area contributed by atoms with E-state index in [-0.39, 0.29) is 22.9 Å². The summed E-state index contributed by atoms with van der Waals surface area (Å²) in [5, 5.41) is 0. The molecule has 114 valence electrons. The van der Waals surface area contributed by atoms with Crippen LogP contribution >= 0.6 is 15.9 Å².